The lowest BCUT2D eigenvalue weighted by Crippen LogP contribution is -2.22. The number of benzene rings is 2. The van der Waals surface area contributed by atoms with Gasteiger partial charge in [0.1, 0.15) is 11.4 Å². The molecule has 0 spiro atoms. The summed E-state index contributed by atoms with van der Waals surface area (Å²) in [6.07, 6.45) is 4.52. The van der Waals surface area contributed by atoms with Gasteiger partial charge in [0, 0.05) is 12.7 Å². The Kier molecular flexibility index (Phi) is 6.47. The normalized spacial score (nSPS) is 11.0. The van der Waals surface area contributed by atoms with Gasteiger partial charge in [0.2, 0.25) is 5.43 Å². The maximum atomic E-state index is 14.5. The molecular formula is C24H26FNO3. The number of nitrogens with zero attached hydrogens (tertiary/aromatic N) is 1. The fraction of sp³-hybridized carbons (Fsp3) is 0.333. The second-order valence-electron chi connectivity index (χ2n) is 7.06. The third-order valence-corrected chi connectivity index (χ3v) is 5.08. The Morgan fingerprint density at radius 2 is 1.90 bits per heavy atom. The monoisotopic (exact) mass is 395 g/mol. The Balaban J connectivity index is 2.14. The number of rotatable bonds is 7. The predicted molar refractivity (Wildman–Crippen MR) is 113 cm³/mol. The number of pyridine rings is 1. The summed E-state index contributed by atoms with van der Waals surface area (Å²) < 4.78 is 21.2. The molecule has 0 saturated carbocycles. The zero-order valence-corrected chi connectivity index (χ0v) is 17.1. The van der Waals surface area contributed by atoms with Crippen LogP contribution in [0.3, 0.4) is 0 Å². The van der Waals surface area contributed by atoms with Crippen LogP contribution < -0.4 is 5.43 Å². The summed E-state index contributed by atoms with van der Waals surface area (Å²) in [7, 11) is 0. The first-order chi connectivity index (χ1) is 14.0. The zero-order chi connectivity index (χ0) is 21.0. The van der Waals surface area contributed by atoms with Crippen LogP contribution in [0.2, 0.25) is 0 Å². The summed E-state index contributed by atoms with van der Waals surface area (Å²) >= 11 is 0. The van der Waals surface area contributed by atoms with Crippen LogP contribution in [0.5, 0.6) is 0 Å². The van der Waals surface area contributed by atoms with Crippen LogP contribution in [-0.2, 0) is 24.1 Å². The molecule has 152 valence electrons. The van der Waals surface area contributed by atoms with E-state index >= 15 is 0 Å². The van der Waals surface area contributed by atoms with Crippen molar-refractivity contribution in [2.75, 3.05) is 6.61 Å². The van der Waals surface area contributed by atoms with Crippen LogP contribution in [0.25, 0.3) is 10.9 Å². The van der Waals surface area contributed by atoms with Crippen molar-refractivity contribution >= 4 is 16.9 Å². The highest BCUT2D eigenvalue weighted by Crippen LogP contribution is 2.20. The van der Waals surface area contributed by atoms with Gasteiger partial charge in [-0.15, -0.1) is 0 Å². The molecule has 0 aliphatic heterocycles. The van der Waals surface area contributed by atoms with Crippen LogP contribution in [0.4, 0.5) is 4.39 Å². The lowest BCUT2D eigenvalue weighted by Gasteiger charge is -2.15. The van der Waals surface area contributed by atoms with Crippen LogP contribution in [0.15, 0.2) is 47.4 Å². The van der Waals surface area contributed by atoms with Gasteiger partial charge in [-0.05, 0) is 48.6 Å². The number of esters is 1. The lowest BCUT2D eigenvalue weighted by atomic mass is 9.98. The number of fused-ring (bicyclic) bond motifs is 1. The molecular weight excluding hydrogens is 369 g/mol. The van der Waals surface area contributed by atoms with Crippen LogP contribution in [-0.4, -0.2) is 17.1 Å². The number of ether oxygens (including phenoxy) is 1. The molecule has 0 atom stereocenters. The minimum atomic E-state index is -0.732. The summed E-state index contributed by atoms with van der Waals surface area (Å²) in [5.41, 5.74) is 3.32. The summed E-state index contributed by atoms with van der Waals surface area (Å²) in [4.78, 5) is 25.0. The van der Waals surface area contributed by atoms with Gasteiger partial charge in [0.05, 0.1) is 17.5 Å². The Bertz CT molecular complexity index is 1100. The van der Waals surface area contributed by atoms with Crippen molar-refractivity contribution in [3.63, 3.8) is 0 Å². The summed E-state index contributed by atoms with van der Waals surface area (Å²) in [5.74, 6) is -1.37. The van der Waals surface area contributed by atoms with Crippen LogP contribution in [0, 0.1) is 5.82 Å². The first kappa shape index (κ1) is 20.8. The second-order valence-corrected chi connectivity index (χ2v) is 7.06. The number of hydrogen-bond acceptors (Lipinski definition) is 3. The average molecular weight is 395 g/mol. The molecule has 0 radical (unpaired) electrons. The summed E-state index contributed by atoms with van der Waals surface area (Å²) in [6.45, 7) is 6.52. The van der Waals surface area contributed by atoms with E-state index in [-0.39, 0.29) is 17.6 Å². The molecule has 0 saturated heterocycles. The molecule has 0 N–H and O–H groups in total. The van der Waals surface area contributed by atoms with Gasteiger partial charge in [-0.2, -0.15) is 0 Å². The molecule has 1 aromatic heterocycles. The molecule has 5 heteroatoms. The van der Waals surface area contributed by atoms with Crippen molar-refractivity contribution in [1.82, 2.24) is 4.57 Å². The third-order valence-electron chi connectivity index (χ3n) is 5.08. The Hall–Kier alpha value is -2.95. The first-order valence-electron chi connectivity index (χ1n) is 10.1. The fourth-order valence-corrected chi connectivity index (χ4v) is 3.70. The second kappa shape index (κ2) is 9.03. The van der Waals surface area contributed by atoms with Gasteiger partial charge in [-0.25, -0.2) is 9.18 Å². The minimum absolute atomic E-state index is 0.0867. The molecule has 2 aromatic carbocycles. The largest absolute Gasteiger partial charge is 0.462 e. The highest BCUT2D eigenvalue weighted by Gasteiger charge is 2.19. The van der Waals surface area contributed by atoms with E-state index in [4.69, 9.17) is 4.74 Å². The predicted octanol–water partition coefficient (Wildman–Crippen LogP) is 4.88. The maximum absolute atomic E-state index is 14.5. The smallest absolute Gasteiger partial charge is 0.343 e. The molecule has 3 rings (SSSR count). The fourth-order valence-electron chi connectivity index (χ4n) is 3.70. The highest BCUT2D eigenvalue weighted by atomic mass is 19.1. The van der Waals surface area contributed by atoms with Gasteiger partial charge in [-0.3, -0.25) is 4.79 Å². The number of carbonyl (C=O) groups excluding carboxylic acids is 1. The summed E-state index contributed by atoms with van der Waals surface area (Å²) in [5, 5.41) is -0.0867. The molecule has 4 nitrogen and oxygen atoms in total. The average Bonchev–Trinajstić information content (AvgIpc) is 2.71. The van der Waals surface area contributed by atoms with Gasteiger partial charge in [0.15, 0.2) is 0 Å². The van der Waals surface area contributed by atoms with E-state index in [1.165, 1.54) is 23.4 Å². The Morgan fingerprint density at radius 1 is 1.10 bits per heavy atom. The van der Waals surface area contributed by atoms with Crippen LogP contribution in [0.1, 0.15) is 54.2 Å². The first-order valence-corrected chi connectivity index (χ1v) is 10.1. The van der Waals surface area contributed by atoms with Crippen molar-refractivity contribution in [3.05, 3.63) is 80.9 Å². The zero-order valence-electron chi connectivity index (χ0n) is 17.1. The highest BCUT2D eigenvalue weighted by molar-refractivity contribution is 5.94. The van der Waals surface area contributed by atoms with Gasteiger partial charge < -0.3 is 9.30 Å². The molecule has 1 heterocycles. The van der Waals surface area contributed by atoms with E-state index in [1.807, 2.05) is 0 Å². The van der Waals surface area contributed by atoms with E-state index in [9.17, 15) is 14.0 Å². The van der Waals surface area contributed by atoms with Crippen LogP contribution >= 0.6 is 0 Å². The van der Waals surface area contributed by atoms with Crippen molar-refractivity contribution in [2.45, 2.75) is 46.6 Å². The molecule has 0 bridgehead atoms. The van der Waals surface area contributed by atoms with Crippen molar-refractivity contribution in [1.29, 1.82) is 0 Å². The summed E-state index contributed by atoms with van der Waals surface area (Å²) in [6, 6.07) is 10.8. The van der Waals surface area contributed by atoms with E-state index in [0.717, 1.165) is 24.8 Å². The minimum Gasteiger partial charge on any atom is -0.462 e. The molecule has 0 aliphatic rings. The van der Waals surface area contributed by atoms with Gasteiger partial charge in [-0.1, -0.05) is 44.5 Å². The SMILES string of the molecule is CCCc1ccc(Cn2cc(C(=O)OCC)c(=O)c3c(F)cccc32)cc1CC. The Labute approximate surface area is 169 Å². The van der Waals surface area contributed by atoms with E-state index in [0.29, 0.717) is 12.1 Å². The van der Waals surface area contributed by atoms with Crippen molar-refractivity contribution < 1.29 is 13.9 Å². The maximum Gasteiger partial charge on any atom is 0.343 e. The molecule has 0 aliphatic carbocycles. The Morgan fingerprint density at radius 3 is 2.59 bits per heavy atom. The van der Waals surface area contributed by atoms with E-state index < -0.39 is 17.2 Å². The standard InChI is InChI=1S/C24H26FNO3/c1-4-8-18-12-11-16(13-17(18)5-2)14-26-15-19(24(28)29-6-3)23(27)22-20(25)9-7-10-21(22)26/h7,9-13,15H,4-6,8,14H2,1-3H3. The molecule has 29 heavy (non-hydrogen) atoms. The molecule has 0 amide bonds. The number of carbonyl (C=O) groups is 1. The van der Waals surface area contributed by atoms with E-state index in [2.05, 4.69) is 32.0 Å². The number of aromatic nitrogens is 1. The number of halogens is 1. The van der Waals surface area contributed by atoms with Crippen molar-refractivity contribution in [2.24, 2.45) is 0 Å². The number of hydrogen-bond donors (Lipinski definition) is 0. The van der Waals surface area contributed by atoms with Gasteiger partial charge in [0.25, 0.3) is 0 Å². The topological polar surface area (TPSA) is 48.3 Å². The van der Waals surface area contributed by atoms with Gasteiger partial charge >= 0.3 is 5.97 Å². The molecule has 0 fully saturated rings. The quantitative estimate of drug-likeness (QED) is 0.536. The third kappa shape index (κ3) is 4.24. The molecule has 3 aromatic rings. The van der Waals surface area contributed by atoms with Crippen molar-refractivity contribution in [3.8, 4) is 0 Å². The molecule has 0 unspecified atom stereocenters. The van der Waals surface area contributed by atoms with E-state index in [1.54, 1.807) is 23.6 Å². The number of aryl methyl sites for hydroxylation is 2. The lowest BCUT2D eigenvalue weighted by molar-refractivity contribution is 0.0524.